The molecule has 0 atom stereocenters. The summed E-state index contributed by atoms with van der Waals surface area (Å²) in [7, 11) is 3.07. The number of carbonyl (C=O) groups excluding carboxylic acids is 1. The SMILES string of the molecule is COc1cccc(C(=O)Cc2ccc(Cl)s2)c1OC. The predicted octanol–water partition coefficient (Wildman–Crippen LogP) is 3.84. The first-order valence-electron chi connectivity index (χ1n) is 5.64. The number of para-hydroxylation sites is 1. The molecule has 0 aliphatic carbocycles. The number of methoxy groups -OCH3 is 2. The summed E-state index contributed by atoms with van der Waals surface area (Å²) < 4.78 is 11.1. The molecule has 0 spiro atoms. The Balaban J connectivity index is 2.28. The summed E-state index contributed by atoms with van der Waals surface area (Å²) in [5, 5.41) is 0. The summed E-state index contributed by atoms with van der Waals surface area (Å²) in [5.41, 5.74) is 0.520. The van der Waals surface area contributed by atoms with Gasteiger partial charge < -0.3 is 9.47 Å². The lowest BCUT2D eigenvalue weighted by molar-refractivity contribution is 0.0990. The monoisotopic (exact) mass is 296 g/mol. The molecule has 5 heteroatoms. The van der Waals surface area contributed by atoms with Crippen molar-refractivity contribution in [3.05, 3.63) is 45.1 Å². The molecular formula is C14H13ClO3S. The standard InChI is InChI=1S/C14H13ClO3S/c1-17-12-5-3-4-10(14(12)18-2)11(16)8-9-6-7-13(15)19-9/h3-7H,8H2,1-2H3. The Kier molecular flexibility index (Phi) is 4.45. The van der Waals surface area contributed by atoms with E-state index in [4.69, 9.17) is 21.1 Å². The van der Waals surface area contributed by atoms with Crippen molar-refractivity contribution in [2.24, 2.45) is 0 Å². The minimum atomic E-state index is -0.0192. The highest BCUT2D eigenvalue weighted by Crippen LogP contribution is 2.32. The van der Waals surface area contributed by atoms with E-state index in [9.17, 15) is 4.79 Å². The summed E-state index contributed by atoms with van der Waals surface area (Å²) in [4.78, 5) is 13.2. The Labute approximate surface area is 120 Å². The van der Waals surface area contributed by atoms with Crippen LogP contribution in [0.25, 0.3) is 0 Å². The molecule has 1 aromatic carbocycles. The first-order chi connectivity index (χ1) is 9.15. The van der Waals surface area contributed by atoms with Gasteiger partial charge in [-0.15, -0.1) is 11.3 Å². The molecule has 0 amide bonds. The molecule has 0 aliphatic heterocycles. The summed E-state index contributed by atoms with van der Waals surface area (Å²) in [6.45, 7) is 0. The van der Waals surface area contributed by atoms with Crippen LogP contribution in [-0.4, -0.2) is 20.0 Å². The highest BCUT2D eigenvalue weighted by molar-refractivity contribution is 7.16. The Hall–Kier alpha value is -1.52. The first kappa shape index (κ1) is 13.9. The Morgan fingerprint density at radius 3 is 2.58 bits per heavy atom. The molecule has 0 saturated carbocycles. The number of ether oxygens (including phenoxy) is 2. The number of thiophene rings is 1. The zero-order valence-corrected chi connectivity index (χ0v) is 12.2. The highest BCUT2D eigenvalue weighted by atomic mass is 35.5. The lowest BCUT2D eigenvalue weighted by atomic mass is 10.1. The minimum absolute atomic E-state index is 0.0192. The molecule has 19 heavy (non-hydrogen) atoms. The van der Waals surface area contributed by atoms with E-state index in [2.05, 4.69) is 0 Å². The van der Waals surface area contributed by atoms with Crippen LogP contribution in [0, 0.1) is 0 Å². The summed E-state index contributed by atoms with van der Waals surface area (Å²) >= 11 is 7.27. The normalized spacial score (nSPS) is 10.3. The van der Waals surface area contributed by atoms with Crippen LogP contribution in [0.4, 0.5) is 0 Å². The van der Waals surface area contributed by atoms with E-state index in [1.807, 2.05) is 6.07 Å². The molecule has 0 saturated heterocycles. The van der Waals surface area contributed by atoms with Crippen LogP contribution < -0.4 is 9.47 Å². The number of carbonyl (C=O) groups is 1. The molecule has 1 aromatic heterocycles. The molecule has 2 rings (SSSR count). The van der Waals surface area contributed by atoms with E-state index in [1.54, 1.807) is 31.4 Å². The molecule has 1 heterocycles. The molecule has 0 radical (unpaired) electrons. The lowest BCUT2D eigenvalue weighted by Gasteiger charge is -2.11. The van der Waals surface area contributed by atoms with Gasteiger partial charge in [-0.05, 0) is 24.3 Å². The minimum Gasteiger partial charge on any atom is -0.493 e. The summed E-state index contributed by atoms with van der Waals surface area (Å²) in [6, 6.07) is 8.92. The number of benzene rings is 1. The topological polar surface area (TPSA) is 35.5 Å². The van der Waals surface area contributed by atoms with Crippen molar-refractivity contribution in [2.75, 3.05) is 14.2 Å². The van der Waals surface area contributed by atoms with Gasteiger partial charge in [0.05, 0.1) is 24.1 Å². The predicted molar refractivity (Wildman–Crippen MR) is 76.9 cm³/mol. The summed E-state index contributed by atoms with van der Waals surface area (Å²) in [5.74, 6) is 1.00. The number of halogens is 1. The third-order valence-electron chi connectivity index (χ3n) is 2.67. The van der Waals surface area contributed by atoms with Gasteiger partial charge in [0.1, 0.15) is 0 Å². The average molecular weight is 297 g/mol. The van der Waals surface area contributed by atoms with E-state index in [0.29, 0.717) is 27.8 Å². The van der Waals surface area contributed by atoms with Crippen molar-refractivity contribution < 1.29 is 14.3 Å². The van der Waals surface area contributed by atoms with Gasteiger partial charge in [-0.25, -0.2) is 0 Å². The number of rotatable bonds is 5. The third kappa shape index (κ3) is 3.08. The third-order valence-corrected chi connectivity index (χ3v) is 3.90. The van der Waals surface area contributed by atoms with Crippen LogP contribution in [0.1, 0.15) is 15.2 Å². The molecule has 0 bridgehead atoms. The van der Waals surface area contributed by atoms with Gasteiger partial charge in [0.15, 0.2) is 17.3 Å². The quantitative estimate of drug-likeness (QED) is 0.786. The first-order valence-corrected chi connectivity index (χ1v) is 6.83. The average Bonchev–Trinajstić information content (AvgIpc) is 2.82. The van der Waals surface area contributed by atoms with Crippen molar-refractivity contribution >= 4 is 28.7 Å². The molecule has 100 valence electrons. The maximum atomic E-state index is 12.3. The van der Waals surface area contributed by atoms with Crippen LogP contribution in [0.3, 0.4) is 0 Å². The van der Waals surface area contributed by atoms with Crippen LogP contribution in [-0.2, 0) is 6.42 Å². The van der Waals surface area contributed by atoms with Crippen molar-refractivity contribution in [3.8, 4) is 11.5 Å². The van der Waals surface area contributed by atoms with Gasteiger partial charge in [0.25, 0.3) is 0 Å². The molecular weight excluding hydrogens is 284 g/mol. The number of hydrogen-bond donors (Lipinski definition) is 0. The maximum Gasteiger partial charge on any atom is 0.171 e. The number of hydrogen-bond acceptors (Lipinski definition) is 4. The Morgan fingerprint density at radius 2 is 2.00 bits per heavy atom. The van der Waals surface area contributed by atoms with Gasteiger partial charge in [-0.2, -0.15) is 0 Å². The number of Topliss-reactive ketones (excluding diaryl/α,β-unsaturated/α-hetero) is 1. The van der Waals surface area contributed by atoms with Gasteiger partial charge in [0.2, 0.25) is 0 Å². The fraction of sp³-hybridized carbons (Fsp3) is 0.214. The largest absolute Gasteiger partial charge is 0.493 e. The molecule has 0 unspecified atom stereocenters. The number of ketones is 1. The van der Waals surface area contributed by atoms with Crippen LogP contribution in [0.15, 0.2) is 30.3 Å². The second-order valence-corrected chi connectivity index (χ2v) is 5.65. The van der Waals surface area contributed by atoms with Crippen molar-refractivity contribution in [1.29, 1.82) is 0 Å². The summed E-state index contributed by atoms with van der Waals surface area (Å²) in [6.07, 6.45) is 0.306. The van der Waals surface area contributed by atoms with E-state index >= 15 is 0 Å². The zero-order valence-electron chi connectivity index (χ0n) is 10.6. The van der Waals surface area contributed by atoms with Crippen LogP contribution in [0.2, 0.25) is 4.34 Å². The van der Waals surface area contributed by atoms with E-state index in [0.717, 1.165) is 4.88 Å². The molecule has 0 fully saturated rings. The van der Waals surface area contributed by atoms with E-state index in [1.165, 1.54) is 18.4 Å². The van der Waals surface area contributed by atoms with Crippen molar-refractivity contribution in [1.82, 2.24) is 0 Å². The van der Waals surface area contributed by atoms with Crippen molar-refractivity contribution in [3.63, 3.8) is 0 Å². The van der Waals surface area contributed by atoms with Gasteiger partial charge in [-0.3, -0.25) is 4.79 Å². The van der Waals surface area contributed by atoms with E-state index < -0.39 is 0 Å². The highest BCUT2D eigenvalue weighted by Gasteiger charge is 2.17. The van der Waals surface area contributed by atoms with E-state index in [-0.39, 0.29) is 5.78 Å². The fourth-order valence-corrected chi connectivity index (χ4v) is 2.89. The Morgan fingerprint density at radius 1 is 1.21 bits per heavy atom. The van der Waals surface area contributed by atoms with Gasteiger partial charge in [-0.1, -0.05) is 17.7 Å². The van der Waals surface area contributed by atoms with Crippen LogP contribution >= 0.6 is 22.9 Å². The maximum absolute atomic E-state index is 12.3. The van der Waals surface area contributed by atoms with Crippen molar-refractivity contribution in [2.45, 2.75) is 6.42 Å². The lowest BCUT2D eigenvalue weighted by Crippen LogP contribution is -2.05. The van der Waals surface area contributed by atoms with Crippen LogP contribution in [0.5, 0.6) is 11.5 Å². The van der Waals surface area contributed by atoms with Gasteiger partial charge >= 0.3 is 0 Å². The zero-order chi connectivity index (χ0) is 13.8. The second-order valence-electron chi connectivity index (χ2n) is 3.85. The second kappa shape index (κ2) is 6.08. The molecule has 0 aliphatic rings. The molecule has 3 nitrogen and oxygen atoms in total. The Bertz CT molecular complexity index is 592. The van der Waals surface area contributed by atoms with Gasteiger partial charge in [0, 0.05) is 11.3 Å². The smallest absolute Gasteiger partial charge is 0.171 e. The molecule has 2 aromatic rings. The fourth-order valence-electron chi connectivity index (χ4n) is 1.81. The molecule has 0 N–H and O–H groups in total.